The van der Waals surface area contributed by atoms with Gasteiger partial charge in [0.25, 0.3) is 0 Å². The fourth-order valence-corrected chi connectivity index (χ4v) is 3.27. The standard InChI is InChI=1S/C14H16O5S/c1-10-3-6-12(7-4-10)20(16,17)9-11-5-8-13(19-11)14(15)18-2/h3-8,11,13H,9H2,1-2H3/t11-,13+/m0/s1. The van der Waals surface area contributed by atoms with Gasteiger partial charge >= 0.3 is 5.97 Å². The minimum atomic E-state index is -3.44. The molecule has 1 aliphatic heterocycles. The number of esters is 1. The van der Waals surface area contributed by atoms with Crippen molar-refractivity contribution in [3.05, 3.63) is 42.0 Å². The molecule has 1 heterocycles. The van der Waals surface area contributed by atoms with Gasteiger partial charge in [-0.2, -0.15) is 0 Å². The molecule has 108 valence electrons. The monoisotopic (exact) mass is 296 g/mol. The van der Waals surface area contributed by atoms with Crippen LogP contribution in [-0.2, 0) is 24.1 Å². The lowest BCUT2D eigenvalue weighted by molar-refractivity contribution is -0.150. The zero-order valence-corrected chi connectivity index (χ0v) is 12.1. The van der Waals surface area contributed by atoms with Crippen LogP contribution in [-0.4, -0.2) is 39.5 Å². The highest BCUT2D eigenvalue weighted by Crippen LogP contribution is 2.19. The molecule has 0 N–H and O–H groups in total. The summed E-state index contributed by atoms with van der Waals surface area (Å²) in [6.45, 7) is 1.89. The maximum Gasteiger partial charge on any atom is 0.339 e. The minimum Gasteiger partial charge on any atom is -0.467 e. The van der Waals surface area contributed by atoms with Gasteiger partial charge in [0, 0.05) is 0 Å². The largest absolute Gasteiger partial charge is 0.467 e. The van der Waals surface area contributed by atoms with Crippen molar-refractivity contribution < 1.29 is 22.7 Å². The van der Waals surface area contributed by atoms with Crippen LogP contribution >= 0.6 is 0 Å². The molecule has 0 fully saturated rings. The summed E-state index contributed by atoms with van der Waals surface area (Å²) in [6, 6.07) is 6.63. The van der Waals surface area contributed by atoms with Crippen LogP contribution in [0.4, 0.5) is 0 Å². The van der Waals surface area contributed by atoms with Crippen molar-refractivity contribution in [2.24, 2.45) is 0 Å². The summed E-state index contributed by atoms with van der Waals surface area (Å²) >= 11 is 0. The third kappa shape index (κ3) is 3.26. The summed E-state index contributed by atoms with van der Waals surface area (Å²) in [5.41, 5.74) is 0.992. The predicted molar refractivity (Wildman–Crippen MR) is 73.0 cm³/mol. The van der Waals surface area contributed by atoms with Crippen LogP contribution in [0.25, 0.3) is 0 Å². The van der Waals surface area contributed by atoms with Crippen LogP contribution in [0.3, 0.4) is 0 Å². The van der Waals surface area contributed by atoms with Crippen molar-refractivity contribution in [2.45, 2.75) is 24.0 Å². The molecule has 0 amide bonds. The zero-order chi connectivity index (χ0) is 14.8. The van der Waals surface area contributed by atoms with Crippen molar-refractivity contribution in [1.29, 1.82) is 0 Å². The zero-order valence-electron chi connectivity index (χ0n) is 11.3. The van der Waals surface area contributed by atoms with Crippen LogP contribution in [0.2, 0.25) is 0 Å². The summed E-state index contributed by atoms with van der Waals surface area (Å²) in [5, 5.41) is 0. The quantitative estimate of drug-likeness (QED) is 0.618. The van der Waals surface area contributed by atoms with E-state index in [1.807, 2.05) is 6.92 Å². The van der Waals surface area contributed by atoms with E-state index >= 15 is 0 Å². The van der Waals surface area contributed by atoms with Gasteiger partial charge in [-0.25, -0.2) is 13.2 Å². The van der Waals surface area contributed by atoms with Crippen LogP contribution in [0, 0.1) is 6.92 Å². The summed E-state index contributed by atoms with van der Waals surface area (Å²) in [6.07, 6.45) is 1.64. The molecule has 6 heteroatoms. The van der Waals surface area contributed by atoms with Crippen molar-refractivity contribution >= 4 is 15.8 Å². The Hall–Kier alpha value is -1.66. The lowest BCUT2D eigenvalue weighted by atomic mass is 10.2. The summed E-state index contributed by atoms with van der Waals surface area (Å²) in [5.74, 6) is -0.725. The number of ether oxygens (including phenoxy) is 2. The topological polar surface area (TPSA) is 69.7 Å². The number of carbonyl (C=O) groups is 1. The summed E-state index contributed by atoms with van der Waals surface area (Å²) in [4.78, 5) is 11.5. The molecule has 2 atom stereocenters. The fourth-order valence-electron chi connectivity index (χ4n) is 1.91. The Morgan fingerprint density at radius 1 is 1.25 bits per heavy atom. The minimum absolute atomic E-state index is 0.194. The van der Waals surface area contributed by atoms with E-state index in [2.05, 4.69) is 4.74 Å². The van der Waals surface area contributed by atoms with Gasteiger partial charge in [0.2, 0.25) is 0 Å². The Balaban J connectivity index is 2.06. The van der Waals surface area contributed by atoms with E-state index in [0.717, 1.165) is 5.56 Å². The molecule has 0 saturated carbocycles. The number of rotatable bonds is 4. The highest BCUT2D eigenvalue weighted by Gasteiger charge is 2.30. The molecule has 0 radical (unpaired) electrons. The van der Waals surface area contributed by atoms with Gasteiger partial charge in [0.1, 0.15) is 0 Å². The first kappa shape index (κ1) is 14.7. The third-order valence-corrected chi connectivity index (χ3v) is 4.78. The normalized spacial score (nSPS) is 21.9. The van der Waals surface area contributed by atoms with Gasteiger partial charge in [-0.3, -0.25) is 0 Å². The number of methoxy groups -OCH3 is 1. The Morgan fingerprint density at radius 2 is 1.90 bits per heavy atom. The first-order valence-corrected chi connectivity index (χ1v) is 7.78. The van der Waals surface area contributed by atoms with Gasteiger partial charge in [-0.15, -0.1) is 0 Å². The van der Waals surface area contributed by atoms with E-state index in [9.17, 15) is 13.2 Å². The molecule has 0 saturated heterocycles. The second-order valence-corrected chi connectivity index (χ2v) is 6.63. The van der Waals surface area contributed by atoms with E-state index < -0.39 is 28.0 Å². The molecule has 2 rings (SSSR count). The molecule has 0 bridgehead atoms. The molecular weight excluding hydrogens is 280 g/mol. The Kier molecular flexibility index (Phi) is 4.25. The predicted octanol–water partition coefficient (Wildman–Crippen LogP) is 1.27. The van der Waals surface area contributed by atoms with Gasteiger partial charge < -0.3 is 9.47 Å². The van der Waals surface area contributed by atoms with E-state index in [1.165, 1.54) is 13.2 Å². The molecule has 0 spiro atoms. The summed E-state index contributed by atoms with van der Waals surface area (Å²) < 4.78 is 34.3. The molecule has 0 aliphatic carbocycles. The highest BCUT2D eigenvalue weighted by atomic mass is 32.2. The molecule has 1 aromatic rings. The molecular formula is C14H16O5S. The van der Waals surface area contributed by atoms with E-state index in [0.29, 0.717) is 0 Å². The van der Waals surface area contributed by atoms with Crippen LogP contribution in [0.15, 0.2) is 41.3 Å². The average Bonchev–Trinajstić information content (AvgIpc) is 2.86. The first-order valence-electron chi connectivity index (χ1n) is 6.13. The Labute approximate surface area is 118 Å². The summed E-state index contributed by atoms with van der Waals surface area (Å²) in [7, 11) is -2.18. The van der Waals surface area contributed by atoms with Crippen molar-refractivity contribution in [1.82, 2.24) is 0 Å². The molecule has 1 aromatic carbocycles. The highest BCUT2D eigenvalue weighted by molar-refractivity contribution is 7.91. The maximum absolute atomic E-state index is 12.2. The lowest BCUT2D eigenvalue weighted by Crippen LogP contribution is -2.27. The Morgan fingerprint density at radius 3 is 2.50 bits per heavy atom. The van der Waals surface area contributed by atoms with E-state index in [4.69, 9.17) is 4.74 Å². The van der Waals surface area contributed by atoms with Crippen molar-refractivity contribution in [3.63, 3.8) is 0 Å². The van der Waals surface area contributed by atoms with Crippen LogP contribution in [0.5, 0.6) is 0 Å². The number of aryl methyl sites for hydroxylation is 1. The SMILES string of the molecule is COC(=O)[C@H]1C=C[C@@H](CS(=O)(=O)c2ccc(C)cc2)O1. The van der Waals surface area contributed by atoms with Gasteiger partial charge in [-0.1, -0.05) is 23.8 Å². The van der Waals surface area contributed by atoms with E-state index in [-0.39, 0.29) is 10.6 Å². The number of carbonyl (C=O) groups excluding carboxylic acids is 1. The maximum atomic E-state index is 12.2. The van der Waals surface area contributed by atoms with Crippen molar-refractivity contribution in [3.8, 4) is 0 Å². The van der Waals surface area contributed by atoms with Crippen molar-refractivity contribution in [2.75, 3.05) is 12.9 Å². The Bertz CT molecular complexity index is 615. The molecule has 5 nitrogen and oxygen atoms in total. The number of hydrogen-bond donors (Lipinski definition) is 0. The van der Waals surface area contributed by atoms with E-state index in [1.54, 1.807) is 30.3 Å². The van der Waals surface area contributed by atoms with Gasteiger partial charge in [-0.05, 0) is 25.1 Å². The third-order valence-electron chi connectivity index (χ3n) is 3.02. The smallest absolute Gasteiger partial charge is 0.339 e. The van der Waals surface area contributed by atoms with Crippen LogP contribution < -0.4 is 0 Å². The average molecular weight is 296 g/mol. The molecule has 0 unspecified atom stereocenters. The second-order valence-electron chi connectivity index (χ2n) is 4.60. The van der Waals surface area contributed by atoms with Gasteiger partial charge in [0.15, 0.2) is 15.9 Å². The first-order chi connectivity index (χ1) is 9.42. The van der Waals surface area contributed by atoms with Gasteiger partial charge in [0.05, 0.1) is 23.9 Å². The molecule has 0 aromatic heterocycles. The molecule has 20 heavy (non-hydrogen) atoms. The number of benzene rings is 1. The van der Waals surface area contributed by atoms with Crippen LogP contribution in [0.1, 0.15) is 5.56 Å². The second kappa shape index (κ2) is 5.76. The lowest BCUT2D eigenvalue weighted by Gasteiger charge is -2.13. The molecule has 1 aliphatic rings. The fraction of sp³-hybridized carbons (Fsp3) is 0.357. The number of sulfone groups is 1. The number of hydrogen-bond acceptors (Lipinski definition) is 5.